The zero-order valence-electron chi connectivity index (χ0n) is 17.3. The zero-order valence-corrected chi connectivity index (χ0v) is 18.1. The molecular formula is C23H22FN5O2S. The Morgan fingerprint density at radius 1 is 0.906 bits per heavy atom. The number of hydrogen-bond donors (Lipinski definition) is 0. The highest BCUT2D eigenvalue weighted by Gasteiger charge is 2.29. The highest BCUT2D eigenvalue weighted by molar-refractivity contribution is 7.89. The number of hydrogen-bond acceptors (Lipinski definition) is 5. The van der Waals surface area contributed by atoms with Gasteiger partial charge in [0.1, 0.15) is 17.2 Å². The topological polar surface area (TPSA) is 71.3 Å². The lowest BCUT2D eigenvalue weighted by Gasteiger charge is -2.33. The van der Waals surface area contributed by atoms with E-state index in [4.69, 9.17) is 4.98 Å². The second-order valence-electron chi connectivity index (χ2n) is 7.68. The van der Waals surface area contributed by atoms with E-state index in [1.807, 2.05) is 22.8 Å². The zero-order chi connectivity index (χ0) is 22.1. The largest absolute Gasteiger partial charge is 0.293 e. The minimum atomic E-state index is -3.50. The van der Waals surface area contributed by atoms with Gasteiger partial charge in [0, 0.05) is 32.4 Å². The van der Waals surface area contributed by atoms with E-state index in [-0.39, 0.29) is 5.82 Å². The van der Waals surface area contributed by atoms with E-state index in [1.54, 1.807) is 42.6 Å². The highest BCUT2D eigenvalue weighted by atomic mass is 32.2. The number of fused-ring (bicyclic) bond motifs is 1. The van der Waals surface area contributed by atoms with Gasteiger partial charge in [0.15, 0.2) is 5.65 Å². The molecule has 0 N–H and O–H groups in total. The van der Waals surface area contributed by atoms with Crippen LogP contribution in [0.5, 0.6) is 0 Å². The Kier molecular flexibility index (Phi) is 5.46. The number of rotatable bonds is 5. The molecule has 1 aliphatic rings. The molecular weight excluding hydrogens is 429 g/mol. The van der Waals surface area contributed by atoms with E-state index in [9.17, 15) is 12.8 Å². The van der Waals surface area contributed by atoms with Crippen molar-refractivity contribution in [2.75, 3.05) is 26.2 Å². The predicted octanol–water partition coefficient (Wildman–Crippen LogP) is 3.07. The molecule has 0 amide bonds. The SMILES string of the molecule is O=S(=O)(c1ccccc1)N1CCN(Cc2nc3cccnc3n2-c2cccc(F)c2)CC1. The van der Waals surface area contributed by atoms with Crippen LogP contribution in [0.25, 0.3) is 16.9 Å². The lowest BCUT2D eigenvalue weighted by Crippen LogP contribution is -2.48. The molecule has 32 heavy (non-hydrogen) atoms. The Balaban J connectivity index is 1.38. The van der Waals surface area contributed by atoms with Gasteiger partial charge in [0.05, 0.1) is 17.1 Å². The molecule has 9 heteroatoms. The molecule has 1 saturated heterocycles. The third-order valence-corrected chi connectivity index (χ3v) is 7.54. The molecule has 3 heterocycles. The number of benzene rings is 2. The van der Waals surface area contributed by atoms with Crippen molar-refractivity contribution in [2.24, 2.45) is 0 Å². The van der Waals surface area contributed by atoms with E-state index in [1.165, 1.54) is 16.4 Å². The molecule has 4 aromatic rings. The lowest BCUT2D eigenvalue weighted by molar-refractivity contribution is 0.177. The van der Waals surface area contributed by atoms with Crippen LogP contribution in [-0.4, -0.2) is 58.3 Å². The average Bonchev–Trinajstić information content (AvgIpc) is 3.18. The van der Waals surface area contributed by atoms with Crippen molar-refractivity contribution in [3.63, 3.8) is 0 Å². The Morgan fingerprint density at radius 3 is 2.44 bits per heavy atom. The molecule has 0 saturated carbocycles. The van der Waals surface area contributed by atoms with Gasteiger partial charge in [0.25, 0.3) is 0 Å². The molecule has 0 unspecified atom stereocenters. The standard InChI is InChI=1S/C23H22FN5O2S/c24-18-6-4-7-19(16-18)29-22(26-21-10-5-11-25-23(21)29)17-27-12-14-28(15-13-27)32(30,31)20-8-2-1-3-9-20/h1-11,16H,12-15,17H2. The maximum Gasteiger partial charge on any atom is 0.243 e. The number of pyridine rings is 1. The third-order valence-electron chi connectivity index (χ3n) is 5.63. The number of imidazole rings is 1. The van der Waals surface area contributed by atoms with Crippen molar-refractivity contribution >= 4 is 21.2 Å². The van der Waals surface area contributed by atoms with Gasteiger partial charge in [-0.2, -0.15) is 4.31 Å². The van der Waals surface area contributed by atoms with Crippen LogP contribution in [0.15, 0.2) is 77.8 Å². The van der Waals surface area contributed by atoms with Gasteiger partial charge < -0.3 is 0 Å². The summed E-state index contributed by atoms with van der Waals surface area (Å²) in [6.45, 7) is 2.45. The quantitative estimate of drug-likeness (QED) is 0.466. The summed E-state index contributed by atoms with van der Waals surface area (Å²) in [6, 6.07) is 18.6. The summed E-state index contributed by atoms with van der Waals surface area (Å²) in [6.07, 6.45) is 1.69. The van der Waals surface area contributed by atoms with Crippen molar-refractivity contribution in [2.45, 2.75) is 11.4 Å². The van der Waals surface area contributed by atoms with Crippen LogP contribution in [-0.2, 0) is 16.6 Å². The molecule has 164 valence electrons. The summed E-state index contributed by atoms with van der Waals surface area (Å²) in [5, 5.41) is 0. The van der Waals surface area contributed by atoms with Crippen LogP contribution < -0.4 is 0 Å². The number of halogens is 1. The molecule has 0 aliphatic carbocycles. The highest BCUT2D eigenvalue weighted by Crippen LogP contribution is 2.23. The molecule has 0 bridgehead atoms. The second-order valence-corrected chi connectivity index (χ2v) is 9.62. The Bertz CT molecular complexity index is 1350. The fourth-order valence-electron chi connectivity index (χ4n) is 4.02. The maximum absolute atomic E-state index is 13.9. The fourth-order valence-corrected chi connectivity index (χ4v) is 5.46. The Hall–Kier alpha value is -3.14. The van der Waals surface area contributed by atoms with E-state index >= 15 is 0 Å². The van der Waals surface area contributed by atoms with E-state index in [2.05, 4.69) is 9.88 Å². The van der Waals surface area contributed by atoms with Gasteiger partial charge in [0.2, 0.25) is 10.0 Å². The number of sulfonamides is 1. The van der Waals surface area contributed by atoms with Gasteiger partial charge in [-0.25, -0.2) is 22.8 Å². The molecule has 0 atom stereocenters. The number of aromatic nitrogens is 3. The van der Waals surface area contributed by atoms with E-state index in [0.717, 1.165) is 11.3 Å². The lowest BCUT2D eigenvalue weighted by atomic mass is 10.3. The van der Waals surface area contributed by atoms with Crippen molar-refractivity contribution in [3.05, 3.63) is 84.6 Å². The van der Waals surface area contributed by atoms with Crippen LogP contribution in [0, 0.1) is 5.82 Å². The van der Waals surface area contributed by atoms with Gasteiger partial charge in [-0.3, -0.25) is 9.47 Å². The molecule has 2 aromatic carbocycles. The summed E-state index contributed by atoms with van der Waals surface area (Å²) < 4.78 is 43.1. The first-order valence-corrected chi connectivity index (χ1v) is 11.8. The van der Waals surface area contributed by atoms with Crippen LogP contribution in [0.1, 0.15) is 5.82 Å². The number of nitrogens with zero attached hydrogens (tertiary/aromatic N) is 5. The summed E-state index contributed by atoms with van der Waals surface area (Å²) in [4.78, 5) is 11.7. The Morgan fingerprint density at radius 2 is 1.69 bits per heavy atom. The van der Waals surface area contributed by atoms with Crippen LogP contribution >= 0.6 is 0 Å². The fraction of sp³-hybridized carbons (Fsp3) is 0.217. The smallest absolute Gasteiger partial charge is 0.243 e. The first kappa shape index (κ1) is 20.7. The normalized spacial score (nSPS) is 15.9. The van der Waals surface area contributed by atoms with Gasteiger partial charge in [-0.1, -0.05) is 24.3 Å². The van der Waals surface area contributed by atoms with E-state index in [0.29, 0.717) is 49.0 Å². The van der Waals surface area contributed by atoms with Crippen molar-refractivity contribution < 1.29 is 12.8 Å². The van der Waals surface area contributed by atoms with Gasteiger partial charge in [-0.05, 0) is 42.5 Å². The predicted molar refractivity (Wildman–Crippen MR) is 119 cm³/mol. The average molecular weight is 452 g/mol. The second kappa shape index (κ2) is 8.42. The van der Waals surface area contributed by atoms with Gasteiger partial charge >= 0.3 is 0 Å². The summed E-state index contributed by atoms with van der Waals surface area (Å²) in [7, 11) is -3.50. The van der Waals surface area contributed by atoms with Gasteiger partial charge in [-0.15, -0.1) is 0 Å². The van der Waals surface area contributed by atoms with Crippen molar-refractivity contribution in [1.29, 1.82) is 0 Å². The molecule has 0 spiro atoms. The first-order valence-electron chi connectivity index (χ1n) is 10.4. The molecule has 2 aromatic heterocycles. The third kappa shape index (κ3) is 3.90. The molecule has 0 radical (unpaired) electrons. The summed E-state index contributed by atoms with van der Waals surface area (Å²) >= 11 is 0. The Labute approximate surface area is 185 Å². The summed E-state index contributed by atoms with van der Waals surface area (Å²) in [5.74, 6) is 0.412. The molecule has 7 nitrogen and oxygen atoms in total. The number of piperazine rings is 1. The molecule has 1 fully saturated rings. The monoisotopic (exact) mass is 451 g/mol. The van der Waals surface area contributed by atoms with Crippen molar-refractivity contribution in [1.82, 2.24) is 23.7 Å². The summed E-state index contributed by atoms with van der Waals surface area (Å²) in [5.41, 5.74) is 2.06. The van der Waals surface area contributed by atoms with Crippen molar-refractivity contribution in [3.8, 4) is 5.69 Å². The van der Waals surface area contributed by atoms with Crippen LogP contribution in [0.2, 0.25) is 0 Å². The van der Waals surface area contributed by atoms with Crippen LogP contribution in [0.3, 0.4) is 0 Å². The molecule has 5 rings (SSSR count). The minimum absolute atomic E-state index is 0.312. The minimum Gasteiger partial charge on any atom is -0.293 e. The molecule has 1 aliphatic heterocycles. The first-order chi connectivity index (χ1) is 15.5. The van der Waals surface area contributed by atoms with E-state index < -0.39 is 10.0 Å². The maximum atomic E-state index is 13.9. The van der Waals surface area contributed by atoms with Crippen LogP contribution in [0.4, 0.5) is 4.39 Å².